The highest BCUT2D eigenvalue weighted by Gasteiger charge is 2.11. The number of nitrogens with one attached hydrogen (secondary N) is 2. The summed E-state index contributed by atoms with van der Waals surface area (Å²) in [5.41, 5.74) is 2.66. The van der Waals surface area contributed by atoms with Crippen LogP contribution in [0, 0.1) is 0 Å². The number of thiazole rings is 1. The Bertz CT molecular complexity index is 607. The monoisotopic (exact) mass is 297 g/mol. The van der Waals surface area contributed by atoms with E-state index in [-0.39, 0.29) is 4.90 Å². The van der Waals surface area contributed by atoms with Gasteiger partial charge in [-0.3, -0.25) is 4.98 Å². The van der Waals surface area contributed by atoms with E-state index < -0.39 is 10.0 Å². The summed E-state index contributed by atoms with van der Waals surface area (Å²) in [6.45, 7) is 2.82. The Balaban J connectivity index is 2.02. The van der Waals surface area contributed by atoms with Crippen molar-refractivity contribution in [2.24, 2.45) is 0 Å². The lowest BCUT2D eigenvalue weighted by molar-refractivity contribution is 0.584. The Morgan fingerprint density at radius 1 is 1.26 bits per heavy atom. The summed E-state index contributed by atoms with van der Waals surface area (Å²) in [5, 5.41) is 3.21. The molecule has 1 aromatic heterocycles. The van der Waals surface area contributed by atoms with Gasteiger partial charge in [0.25, 0.3) is 0 Å². The summed E-state index contributed by atoms with van der Waals surface area (Å²) in [7, 11) is -3.37. The van der Waals surface area contributed by atoms with Gasteiger partial charge in [0.1, 0.15) is 0 Å². The van der Waals surface area contributed by atoms with E-state index in [2.05, 4.69) is 15.0 Å². The SMILES string of the molecule is CCNS(=O)(=O)c1ccc(NCc2cncs2)cc1. The van der Waals surface area contributed by atoms with Crippen LogP contribution in [0.25, 0.3) is 0 Å². The molecule has 0 unspecified atom stereocenters. The first-order chi connectivity index (χ1) is 9.12. The maximum absolute atomic E-state index is 11.7. The van der Waals surface area contributed by atoms with Crippen molar-refractivity contribution in [1.29, 1.82) is 0 Å². The molecule has 2 rings (SSSR count). The molecule has 0 aliphatic heterocycles. The standard InChI is InChI=1S/C12H15N3O2S2/c1-2-15-19(16,17)12-5-3-10(4-6-12)14-8-11-7-13-9-18-11/h3-7,9,14-15H,2,8H2,1H3. The second-order valence-corrected chi connectivity index (χ2v) is 6.58. The molecule has 0 bridgehead atoms. The second-order valence-electron chi connectivity index (χ2n) is 3.85. The van der Waals surface area contributed by atoms with Crippen LogP contribution in [0.3, 0.4) is 0 Å². The van der Waals surface area contributed by atoms with Crippen LogP contribution in [0.15, 0.2) is 40.9 Å². The van der Waals surface area contributed by atoms with Crippen LogP contribution in [0.5, 0.6) is 0 Å². The van der Waals surface area contributed by atoms with Crippen LogP contribution in [-0.2, 0) is 16.6 Å². The largest absolute Gasteiger partial charge is 0.380 e. The van der Waals surface area contributed by atoms with Crippen molar-refractivity contribution in [2.45, 2.75) is 18.4 Å². The third-order valence-corrected chi connectivity index (χ3v) is 4.79. The molecule has 1 heterocycles. The fourth-order valence-electron chi connectivity index (χ4n) is 1.54. The molecular weight excluding hydrogens is 282 g/mol. The third-order valence-electron chi connectivity index (χ3n) is 2.45. The van der Waals surface area contributed by atoms with Crippen LogP contribution in [0.4, 0.5) is 5.69 Å². The van der Waals surface area contributed by atoms with Gasteiger partial charge in [0.15, 0.2) is 0 Å². The minimum atomic E-state index is -3.37. The van der Waals surface area contributed by atoms with Crippen molar-refractivity contribution < 1.29 is 8.42 Å². The van der Waals surface area contributed by atoms with Crippen molar-refractivity contribution in [3.63, 3.8) is 0 Å². The van der Waals surface area contributed by atoms with E-state index in [1.807, 2.05) is 6.20 Å². The predicted molar refractivity (Wildman–Crippen MR) is 76.7 cm³/mol. The fourth-order valence-corrected chi connectivity index (χ4v) is 3.12. The van der Waals surface area contributed by atoms with Gasteiger partial charge in [-0.1, -0.05) is 6.92 Å². The Labute approximate surface area is 116 Å². The molecule has 0 aliphatic carbocycles. The van der Waals surface area contributed by atoms with Gasteiger partial charge in [0.05, 0.1) is 17.0 Å². The Kier molecular flexibility index (Phi) is 4.52. The first kappa shape index (κ1) is 14.0. The molecule has 0 fully saturated rings. The number of hydrogen-bond acceptors (Lipinski definition) is 5. The van der Waals surface area contributed by atoms with Gasteiger partial charge in [-0.15, -0.1) is 11.3 Å². The third kappa shape index (κ3) is 3.76. The van der Waals surface area contributed by atoms with E-state index in [0.29, 0.717) is 13.1 Å². The smallest absolute Gasteiger partial charge is 0.240 e. The molecule has 5 nitrogen and oxygen atoms in total. The Hall–Kier alpha value is -1.44. The number of benzene rings is 1. The molecule has 2 N–H and O–H groups in total. The molecule has 0 aliphatic rings. The van der Waals surface area contributed by atoms with E-state index in [1.165, 1.54) is 0 Å². The lowest BCUT2D eigenvalue weighted by atomic mass is 10.3. The van der Waals surface area contributed by atoms with Gasteiger partial charge in [-0.25, -0.2) is 13.1 Å². The van der Waals surface area contributed by atoms with Crippen molar-refractivity contribution in [3.8, 4) is 0 Å². The van der Waals surface area contributed by atoms with Crippen LogP contribution in [0.1, 0.15) is 11.8 Å². The number of hydrogen-bond donors (Lipinski definition) is 2. The van der Waals surface area contributed by atoms with E-state index in [0.717, 1.165) is 10.6 Å². The average molecular weight is 297 g/mol. The van der Waals surface area contributed by atoms with Crippen molar-refractivity contribution >= 4 is 27.0 Å². The Morgan fingerprint density at radius 2 is 2.00 bits per heavy atom. The molecule has 0 saturated carbocycles. The van der Waals surface area contributed by atoms with Crippen LogP contribution in [-0.4, -0.2) is 19.9 Å². The zero-order valence-corrected chi connectivity index (χ0v) is 12.1. The van der Waals surface area contributed by atoms with Gasteiger partial charge in [0, 0.05) is 23.3 Å². The molecule has 0 atom stereocenters. The molecule has 19 heavy (non-hydrogen) atoms. The average Bonchev–Trinajstić information content (AvgIpc) is 2.90. The van der Waals surface area contributed by atoms with Crippen LogP contribution >= 0.6 is 11.3 Å². The first-order valence-corrected chi connectivity index (χ1v) is 8.19. The van der Waals surface area contributed by atoms with Gasteiger partial charge in [-0.2, -0.15) is 0 Å². The number of anilines is 1. The lowest BCUT2D eigenvalue weighted by Crippen LogP contribution is -2.23. The molecular formula is C12H15N3O2S2. The van der Waals surface area contributed by atoms with E-state index in [4.69, 9.17) is 0 Å². The molecule has 2 aromatic rings. The molecule has 7 heteroatoms. The van der Waals surface area contributed by atoms with E-state index >= 15 is 0 Å². The zero-order valence-electron chi connectivity index (χ0n) is 10.5. The maximum Gasteiger partial charge on any atom is 0.240 e. The van der Waals surface area contributed by atoms with Gasteiger partial charge < -0.3 is 5.32 Å². The highest BCUT2D eigenvalue weighted by Crippen LogP contribution is 2.15. The second kappa shape index (κ2) is 6.14. The van der Waals surface area contributed by atoms with Crippen LogP contribution in [0.2, 0.25) is 0 Å². The van der Waals surface area contributed by atoms with Crippen molar-refractivity contribution in [3.05, 3.63) is 40.8 Å². The molecule has 1 aromatic carbocycles. The quantitative estimate of drug-likeness (QED) is 0.856. The fraction of sp³-hybridized carbons (Fsp3) is 0.250. The van der Waals surface area contributed by atoms with E-state index in [9.17, 15) is 8.42 Å². The summed E-state index contributed by atoms with van der Waals surface area (Å²) in [5.74, 6) is 0. The summed E-state index contributed by atoms with van der Waals surface area (Å²) in [4.78, 5) is 5.40. The summed E-state index contributed by atoms with van der Waals surface area (Å²) < 4.78 is 26.0. The van der Waals surface area contributed by atoms with Gasteiger partial charge in [-0.05, 0) is 24.3 Å². The van der Waals surface area contributed by atoms with Gasteiger partial charge in [0.2, 0.25) is 10.0 Å². The van der Waals surface area contributed by atoms with Crippen molar-refractivity contribution in [1.82, 2.24) is 9.71 Å². The minimum Gasteiger partial charge on any atom is -0.380 e. The summed E-state index contributed by atoms with van der Waals surface area (Å²) in [6.07, 6.45) is 1.81. The molecule has 0 radical (unpaired) electrons. The van der Waals surface area contributed by atoms with Crippen molar-refractivity contribution in [2.75, 3.05) is 11.9 Å². The lowest BCUT2D eigenvalue weighted by Gasteiger charge is -2.07. The molecule has 0 spiro atoms. The highest BCUT2D eigenvalue weighted by atomic mass is 32.2. The number of rotatable bonds is 6. The normalized spacial score (nSPS) is 11.4. The maximum atomic E-state index is 11.7. The topological polar surface area (TPSA) is 71.1 Å². The number of sulfonamides is 1. The summed E-state index contributed by atoms with van der Waals surface area (Å²) >= 11 is 1.58. The molecule has 102 valence electrons. The van der Waals surface area contributed by atoms with Crippen LogP contribution < -0.4 is 10.0 Å². The minimum absolute atomic E-state index is 0.276. The highest BCUT2D eigenvalue weighted by molar-refractivity contribution is 7.89. The summed E-state index contributed by atoms with van der Waals surface area (Å²) in [6, 6.07) is 6.69. The molecule has 0 amide bonds. The zero-order chi connectivity index (χ0) is 13.7. The molecule has 0 saturated heterocycles. The first-order valence-electron chi connectivity index (χ1n) is 5.83. The van der Waals surface area contributed by atoms with E-state index in [1.54, 1.807) is 48.0 Å². The predicted octanol–water partition coefficient (Wildman–Crippen LogP) is 2.05. The number of nitrogens with zero attached hydrogens (tertiary/aromatic N) is 1. The van der Waals surface area contributed by atoms with Gasteiger partial charge >= 0.3 is 0 Å². The number of aromatic nitrogens is 1. The Morgan fingerprint density at radius 3 is 2.58 bits per heavy atom.